The Labute approximate surface area is 169 Å². The van der Waals surface area contributed by atoms with Crippen LogP contribution in [0.1, 0.15) is 47.1 Å². The molecular formula is C21H23ClN2O4. The van der Waals surface area contributed by atoms with Crippen LogP contribution in [0.2, 0.25) is 5.02 Å². The van der Waals surface area contributed by atoms with Gasteiger partial charge in [-0.3, -0.25) is 14.4 Å². The van der Waals surface area contributed by atoms with Crippen LogP contribution in [0.3, 0.4) is 0 Å². The van der Waals surface area contributed by atoms with Gasteiger partial charge in [-0.15, -0.1) is 0 Å². The van der Waals surface area contributed by atoms with Crippen LogP contribution in [0.5, 0.6) is 5.75 Å². The van der Waals surface area contributed by atoms with Crippen molar-refractivity contribution in [3.63, 3.8) is 0 Å². The molecule has 0 spiro atoms. The summed E-state index contributed by atoms with van der Waals surface area (Å²) in [7, 11) is 1.46. The molecule has 0 radical (unpaired) electrons. The summed E-state index contributed by atoms with van der Waals surface area (Å²) in [6.07, 6.45) is 0.653. The zero-order valence-electron chi connectivity index (χ0n) is 16.3. The van der Waals surface area contributed by atoms with Gasteiger partial charge in [0.05, 0.1) is 23.3 Å². The van der Waals surface area contributed by atoms with Crippen molar-refractivity contribution < 1.29 is 19.1 Å². The zero-order chi connectivity index (χ0) is 20.9. The first-order chi connectivity index (χ1) is 13.2. The van der Waals surface area contributed by atoms with E-state index in [9.17, 15) is 14.4 Å². The summed E-state index contributed by atoms with van der Waals surface area (Å²) >= 11 is 6.17. The van der Waals surface area contributed by atoms with Crippen LogP contribution in [-0.2, 0) is 11.3 Å². The van der Waals surface area contributed by atoms with Crippen LogP contribution in [0.4, 0.5) is 5.69 Å². The summed E-state index contributed by atoms with van der Waals surface area (Å²) in [5, 5.41) is 5.84. The molecular weight excluding hydrogens is 380 g/mol. The lowest BCUT2D eigenvalue weighted by Gasteiger charge is -2.18. The Morgan fingerprint density at radius 2 is 1.86 bits per heavy atom. The van der Waals surface area contributed by atoms with Gasteiger partial charge in [-0.1, -0.05) is 38.4 Å². The summed E-state index contributed by atoms with van der Waals surface area (Å²) in [6.45, 7) is 5.76. The third kappa shape index (κ3) is 5.33. The molecule has 0 aliphatic rings. The number of methoxy groups -OCH3 is 1. The van der Waals surface area contributed by atoms with E-state index in [1.54, 1.807) is 30.3 Å². The van der Waals surface area contributed by atoms with Gasteiger partial charge in [0, 0.05) is 17.6 Å². The third-order valence-electron chi connectivity index (χ3n) is 4.02. The molecule has 0 aliphatic carbocycles. The summed E-state index contributed by atoms with van der Waals surface area (Å²) < 4.78 is 5.09. The van der Waals surface area contributed by atoms with E-state index in [0.29, 0.717) is 23.3 Å². The number of ether oxygens (including phenoxy) is 1. The molecule has 2 N–H and O–H groups in total. The molecule has 0 unspecified atom stereocenters. The van der Waals surface area contributed by atoms with Gasteiger partial charge in [0.15, 0.2) is 6.29 Å². The molecule has 0 saturated heterocycles. The summed E-state index contributed by atoms with van der Waals surface area (Å²) in [5.74, 6) is -0.0910. The number of benzene rings is 2. The molecule has 2 aromatic rings. The first-order valence-electron chi connectivity index (χ1n) is 8.67. The quantitative estimate of drug-likeness (QED) is 0.713. The Morgan fingerprint density at radius 1 is 1.14 bits per heavy atom. The smallest absolute Gasteiger partial charge is 0.257 e. The van der Waals surface area contributed by atoms with Crippen LogP contribution in [0.15, 0.2) is 36.4 Å². The lowest BCUT2D eigenvalue weighted by Crippen LogP contribution is -2.34. The first kappa shape index (κ1) is 21.4. The van der Waals surface area contributed by atoms with Gasteiger partial charge in [-0.25, -0.2) is 0 Å². The third-order valence-corrected chi connectivity index (χ3v) is 4.35. The Kier molecular flexibility index (Phi) is 6.80. The van der Waals surface area contributed by atoms with E-state index in [0.717, 1.165) is 5.56 Å². The Balaban J connectivity index is 2.17. The van der Waals surface area contributed by atoms with Crippen LogP contribution in [0.25, 0.3) is 0 Å². The predicted octanol–water partition coefficient (Wildman–Crippen LogP) is 4.08. The second-order valence-electron chi connectivity index (χ2n) is 7.28. The number of aldehydes is 1. The number of hydrogen-bond donors (Lipinski definition) is 2. The Hall–Kier alpha value is -2.86. The van der Waals surface area contributed by atoms with Gasteiger partial charge in [0.25, 0.3) is 5.91 Å². The number of rotatable bonds is 6. The molecule has 0 atom stereocenters. The fourth-order valence-corrected chi connectivity index (χ4v) is 2.61. The molecule has 7 heteroatoms. The molecule has 0 aliphatic heterocycles. The van der Waals surface area contributed by atoms with Crippen molar-refractivity contribution in [1.29, 1.82) is 0 Å². The van der Waals surface area contributed by atoms with E-state index in [1.165, 1.54) is 13.2 Å². The highest BCUT2D eigenvalue weighted by molar-refractivity contribution is 6.34. The number of hydrogen-bond acceptors (Lipinski definition) is 4. The Bertz CT molecular complexity index is 904. The standard InChI is InChI=1S/C21H23ClN2O4/c1-21(2,3)20(27)23-11-13-5-7-17(22)16(9-13)19(26)24-15-6-8-18(28-4)14(10-15)12-25/h5-10,12H,11H2,1-4H3,(H,23,27)(H,24,26). The average molecular weight is 403 g/mol. The van der Waals surface area contributed by atoms with Crippen molar-refractivity contribution in [2.24, 2.45) is 5.41 Å². The minimum atomic E-state index is -0.503. The fraction of sp³-hybridized carbons (Fsp3) is 0.286. The van der Waals surface area contributed by atoms with Crippen molar-refractivity contribution in [3.8, 4) is 5.75 Å². The maximum atomic E-state index is 12.6. The van der Waals surface area contributed by atoms with E-state index in [-0.39, 0.29) is 23.0 Å². The molecule has 6 nitrogen and oxygen atoms in total. The molecule has 2 amide bonds. The van der Waals surface area contributed by atoms with Gasteiger partial charge in [0.2, 0.25) is 5.91 Å². The minimum absolute atomic E-state index is 0.0897. The summed E-state index contributed by atoms with van der Waals surface area (Å²) in [4.78, 5) is 35.8. The Morgan fingerprint density at radius 3 is 2.46 bits per heavy atom. The molecule has 0 aromatic heterocycles. The van der Waals surface area contributed by atoms with Gasteiger partial charge >= 0.3 is 0 Å². The maximum absolute atomic E-state index is 12.6. The number of halogens is 1. The molecule has 2 aromatic carbocycles. The van der Waals surface area contributed by atoms with Crippen LogP contribution in [0, 0.1) is 5.41 Å². The first-order valence-corrected chi connectivity index (χ1v) is 9.05. The van der Waals surface area contributed by atoms with Crippen molar-refractivity contribution in [2.45, 2.75) is 27.3 Å². The van der Waals surface area contributed by atoms with E-state index in [2.05, 4.69) is 10.6 Å². The number of anilines is 1. The lowest BCUT2D eigenvalue weighted by atomic mass is 9.95. The molecule has 0 heterocycles. The second kappa shape index (κ2) is 8.89. The zero-order valence-corrected chi connectivity index (χ0v) is 17.0. The van der Waals surface area contributed by atoms with E-state index in [4.69, 9.17) is 16.3 Å². The van der Waals surface area contributed by atoms with Crippen molar-refractivity contribution in [3.05, 3.63) is 58.1 Å². The summed E-state index contributed by atoms with van der Waals surface area (Å²) in [6, 6.07) is 9.74. The maximum Gasteiger partial charge on any atom is 0.257 e. The van der Waals surface area contributed by atoms with Crippen LogP contribution in [-0.4, -0.2) is 25.2 Å². The van der Waals surface area contributed by atoms with Gasteiger partial charge in [-0.05, 0) is 35.9 Å². The average Bonchev–Trinajstić information content (AvgIpc) is 2.65. The highest BCUT2D eigenvalue weighted by atomic mass is 35.5. The van der Waals surface area contributed by atoms with E-state index >= 15 is 0 Å². The number of carbonyl (C=O) groups is 3. The van der Waals surface area contributed by atoms with Crippen molar-refractivity contribution >= 4 is 35.4 Å². The predicted molar refractivity (Wildman–Crippen MR) is 109 cm³/mol. The molecule has 148 valence electrons. The minimum Gasteiger partial charge on any atom is -0.496 e. The lowest BCUT2D eigenvalue weighted by molar-refractivity contribution is -0.128. The number of amides is 2. The molecule has 0 fully saturated rings. The molecule has 2 rings (SSSR count). The van der Waals surface area contributed by atoms with Crippen LogP contribution >= 0.6 is 11.6 Å². The van der Waals surface area contributed by atoms with Crippen LogP contribution < -0.4 is 15.4 Å². The largest absolute Gasteiger partial charge is 0.496 e. The monoisotopic (exact) mass is 402 g/mol. The topological polar surface area (TPSA) is 84.5 Å². The normalized spacial score (nSPS) is 10.9. The van der Waals surface area contributed by atoms with Crippen molar-refractivity contribution in [1.82, 2.24) is 5.32 Å². The van der Waals surface area contributed by atoms with Crippen molar-refractivity contribution in [2.75, 3.05) is 12.4 Å². The number of nitrogens with one attached hydrogen (secondary N) is 2. The molecule has 28 heavy (non-hydrogen) atoms. The fourth-order valence-electron chi connectivity index (χ4n) is 2.41. The summed E-state index contributed by atoms with van der Waals surface area (Å²) in [5.41, 5.74) is 1.28. The molecule has 0 bridgehead atoms. The highest BCUT2D eigenvalue weighted by Gasteiger charge is 2.21. The van der Waals surface area contributed by atoms with E-state index in [1.807, 2.05) is 20.8 Å². The molecule has 0 saturated carbocycles. The van der Waals surface area contributed by atoms with Gasteiger partial charge < -0.3 is 15.4 Å². The van der Waals surface area contributed by atoms with E-state index < -0.39 is 11.3 Å². The second-order valence-corrected chi connectivity index (χ2v) is 7.68. The highest BCUT2D eigenvalue weighted by Crippen LogP contribution is 2.23. The SMILES string of the molecule is COc1ccc(NC(=O)c2cc(CNC(=O)C(C)(C)C)ccc2Cl)cc1C=O. The number of carbonyl (C=O) groups excluding carboxylic acids is 3. The van der Waals surface area contributed by atoms with Gasteiger partial charge in [0.1, 0.15) is 5.75 Å². The van der Waals surface area contributed by atoms with Gasteiger partial charge in [-0.2, -0.15) is 0 Å².